The first-order valence-corrected chi connectivity index (χ1v) is 10.4. The number of benzene rings is 1. The van der Waals surface area contributed by atoms with Gasteiger partial charge >= 0.3 is 6.09 Å². The summed E-state index contributed by atoms with van der Waals surface area (Å²) >= 11 is 0. The van der Waals surface area contributed by atoms with E-state index in [1.54, 1.807) is 12.1 Å². The third kappa shape index (κ3) is 4.25. The van der Waals surface area contributed by atoms with Crippen molar-refractivity contribution in [3.63, 3.8) is 0 Å². The van der Waals surface area contributed by atoms with Gasteiger partial charge in [-0.1, -0.05) is 5.57 Å². The van der Waals surface area contributed by atoms with Crippen LogP contribution in [0.15, 0.2) is 29.3 Å². The van der Waals surface area contributed by atoms with Crippen LogP contribution in [0.25, 0.3) is 0 Å². The zero-order chi connectivity index (χ0) is 21.3. The first-order chi connectivity index (χ1) is 14.5. The number of anilines is 2. The van der Waals surface area contributed by atoms with Crippen molar-refractivity contribution in [1.82, 2.24) is 5.32 Å². The van der Waals surface area contributed by atoms with Gasteiger partial charge in [0.1, 0.15) is 11.9 Å². The van der Waals surface area contributed by atoms with Gasteiger partial charge in [-0.05, 0) is 49.8 Å². The highest BCUT2D eigenvalue weighted by Crippen LogP contribution is 2.40. The number of hydrogen-bond donors (Lipinski definition) is 1. The van der Waals surface area contributed by atoms with Gasteiger partial charge in [-0.15, -0.1) is 0 Å². The maximum absolute atomic E-state index is 14.9. The van der Waals surface area contributed by atoms with Crippen molar-refractivity contribution >= 4 is 23.4 Å². The number of carbonyl (C=O) groups excluding carboxylic acids is 2. The van der Waals surface area contributed by atoms with Crippen LogP contribution in [0, 0.1) is 23.1 Å². The lowest BCUT2D eigenvalue weighted by molar-refractivity contribution is -0.119. The number of allylic oxidation sites excluding steroid dienone is 1. The van der Waals surface area contributed by atoms with E-state index in [0.29, 0.717) is 30.4 Å². The van der Waals surface area contributed by atoms with Crippen molar-refractivity contribution in [1.29, 1.82) is 5.26 Å². The van der Waals surface area contributed by atoms with Crippen molar-refractivity contribution < 1.29 is 18.7 Å². The fraction of sp³-hybridized carbons (Fsp3) is 0.500. The summed E-state index contributed by atoms with van der Waals surface area (Å²) in [6.45, 7) is 3.23. The van der Waals surface area contributed by atoms with Gasteiger partial charge < -0.3 is 15.0 Å². The summed E-state index contributed by atoms with van der Waals surface area (Å²) in [6.07, 6.45) is 2.77. The summed E-state index contributed by atoms with van der Waals surface area (Å²) in [6, 6.07) is 7.14. The Kier molecular flexibility index (Phi) is 5.62. The maximum Gasteiger partial charge on any atom is 0.414 e. The highest BCUT2D eigenvalue weighted by atomic mass is 19.1. The zero-order valence-electron chi connectivity index (χ0n) is 17.0. The lowest BCUT2D eigenvalue weighted by atomic mass is 9.95. The summed E-state index contributed by atoms with van der Waals surface area (Å²) < 4.78 is 20.1. The fourth-order valence-corrected chi connectivity index (χ4v) is 4.13. The third-order valence-electron chi connectivity index (χ3n) is 5.89. The number of ether oxygens (including phenoxy) is 1. The molecule has 4 rings (SSSR count). The average Bonchev–Trinajstić information content (AvgIpc) is 3.49. The molecule has 2 saturated heterocycles. The molecule has 1 aliphatic carbocycles. The number of halogens is 1. The molecular weight excluding hydrogens is 387 g/mol. The Morgan fingerprint density at radius 2 is 2.07 bits per heavy atom. The predicted octanol–water partition coefficient (Wildman–Crippen LogP) is 3.12. The molecule has 30 heavy (non-hydrogen) atoms. The van der Waals surface area contributed by atoms with Crippen LogP contribution in [0.5, 0.6) is 0 Å². The molecule has 0 aromatic heterocycles. The first kappa shape index (κ1) is 20.2. The molecule has 1 aromatic rings. The summed E-state index contributed by atoms with van der Waals surface area (Å²) in [4.78, 5) is 26.6. The van der Waals surface area contributed by atoms with Crippen LogP contribution in [-0.4, -0.2) is 44.3 Å². The predicted molar refractivity (Wildman–Crippen MR) is 110 cm³/mol. The molecular formula is C22H25FN4O3. The largest absolute Gasteiger partial charge is 0.442 e. The molecule has 2 aliphatic heterocycles. The standard InChI is InChI=1S/C22H25FN4O3/c1-14(28)25-12-18-13-27(22(29)30-18)17-4-5-21(20(23)10-17)26-8-6-16(7-9-26)19(11-24)15-2-3-15/h4-5,10,15,18H,2-3,6-9,12-13H2,1H3,(H,25,28)/t18-/m0/s1. The van der Waals surface area contributed by atoms with Crippen molar-refractivity contribution in [2.75, 3.05) is 36.0 Å². The molecule has 8 heteroatoms. The number of carbonyl (C=O) groups is 2. The molecule has 1 saturated carbocycles. The molecule has 3 aliphatic rings. The minimum absolute atomic E-state index is 0.196. The smallest absolute Gasteiger partial charge is 0.414 e. The van der Waals surface area contributed by atoms with Gasteiger partial charge in [0.15, 0.2) is 0 Å². The second-order valence-electron chi connectivity index (χ2n) is 8.08. The highest BCUT2D eigenvalue weighted by Gasteiger charge is 2.33. The lowest BCUT2D eigenvalue weighted by Crippen LogP contribution is -2.33. The van der Waals surface area contributed by atoms with E-state index >= 15 is 0 Å². The molecule has 0 bridgehead atoms. The number of piperidine rings is 1. The molecule has 7 nitrogen and oxygen atoms in total. The first-order valence-electron chi connectivity index (χ1n) is 10.4. The molecule has 1 atom stereocenters. The van der Waals surface area contributed by atoms with Crippen LogP contribution in [0.2, 0.25) is 0 Å². The molecule has 3 fully saturated rings. The molecule has 0 spiro atoms. The molecule has 1 N–H and O–H groups in total. The average molecular weight is 412 g/mol. The second-order valence-corrected chi connectivity index (χ2v) is 8.08. The van der Waals surface area contributed by atoms with Gasteiger partial charge in [0.2, 0.25) is 5.91 Å². The Morgan fingerprint density at radius 3 is 2.67 bits per heavy atom. The minimum atomic E-state index is -0.547. The number of nitrogens with zero attached hydrogens (tertiary/aromatic N) is 3. The monoisotopic (exact) mass is 412 g/mol. The normalized spacial score (nSPS) is 21.3. The number of cyclic esters (lactones) is 1. The van der Waals surface area contributed by atoms with E-state index in [1.807, 2.05) is 4.90 Å². The Morgan fingerprint density at radius 1 is 1.33 bits per heavy atom. The van der Waals surface area contributed by atoms with E-state index in [4.69, 9.17) is 4.74 Å². The summed E-state index contributed by atoms with van der Waals surface area (Å²) in [5, 5.41) is 12.0. The third-order valence-corrected chi connectivity index (χ3v) is 5.89. The lowest BCUT2D eigenvalue weighted by Gasteiger charge is -2.31. The number of rotatable bonds is 5. The van der Waals surface area contributed by atoms with Crippen LogP contribution in [0.3, 0.4) is 0 Å². The summed E-state index contributed by atoms with van der Waals surface area (Å²) in [5.41, 5.74) is 3.11. The van der Waals surface area contributed by atoms with Crippen molar-refractivity contribution in [2.45, 2.75) is 38.7 Å². The van der Waals surface area contributed by atoms with Crippen LogP contribution < -0.4 is 15.1 Å². The van der Waals surface area contributed by atoms with Crippen molar-refractivity contribution in [3.05, 3.63) is 35.2 Å². The molecule has 158 valence electrons. The second kappa shape index (κ2) is 8.34. The molecule has 0 radical (unpaired) electrons. The Bertz CT molecular complexity index is 925. The molecule has 1 aromatic carbocycles. The van der Waals surface area contributed by atoms with Gasteiger partial charge in [0, 0.05) is 25.6 Å². The summed E-state index contributed by atoms with van der Waals surface area (Å²) in [7, 11) is 0. The van der Waals surface area contributed by atoms with Gasteiger partial charge in [0.25, 0.3) is 0 Å². The van der Waals surface area contributed by atoms with Crippen LogP contribution >= 0.6 is 0 Å². The van der Waals surface area contributed by atoms with E-state index in [0.717, 1.165) is 31.3 Å². The van der Waals surface area contributed by atoms with E-state index < -0.39 is 12.2 Å². The Hall–Kier alpha value is -3.08. The Labute approximate surface area is 175 Å². The van der Waals surface area contributed by atoms with Crippen LogP contribution in [0.4, 0.5) is 20.6 Å². The maximum atomic E-state index is 14.9. The van der Waals surface area contributed by atoms with Gasteiger partial charge in [-0.2, -0.15) is 5.26 Å². The number of amides is 2. The Balaban J connectivity index is 1.41. The van der Waals surface area contributed by atoms with Crippen LogP contribution in [0.1, 0.15) is 32.6 Å². The van der Waals surface area contributed by atoms with Crippen LogP contribution in [-0.2, 0) is 9.53 Å². The van der Waals surface area contributed by atoms with Crippen molar-refractivity contribution in [3.8, 4) is 6.07 Å². The zero-order valence-corrected chi connectivity index (χ0v) is 17.0. The van der Waals surface area contributed by atoms with E-state index in [-0.39, 0.29) is 24.8 Å². The topological polar surface area (TPSA) is 85.7 Å². The number of nitriles is 1. The SMILES string of the molecule is CC(=O)NC[C@H]1CN(c2ccc(N3CCC(=C(C#N)C4CC4)CC3)c(F)c2)C(=O)O1. The van der Waals surface area contributed by atoms with Gasteiger partial charge in [-0.25, -0.2) is 9.18 Å². The molecule has 0 unspecified atom stereocenters. The highest BCUT2D eigenvalue weighted by molar-refractivity contribution is 5.90. The quantitative estimate of drug-likeness (QED) is 0.751. The molecule has 2 heterocycles. The van der Waals surface area contributed by atoms with E-state index in [1.165, 1.54) is 23.5 Å². The summed E-state index contributed by atoms with van der Waals surface area (Å²) in [5.74, 6) is -0.138. The van der Waals surface area contributed by atoms with E-state index in [9.17, 15) is 19.2 Å². The number of nitrogens with one attached hydrogen (secondary N) is 1. The fourth-order valence-electron chi connectivity index (χ4n) is 4.13. The van der Waals surface area contributed by atoms with Gasteiger partial charge in [-0.3, -0.25) is 9.69 Å². The number of hydrogen-bond acceptors (Lipinski definition) is 5. The van der Waals surface area contributed by atoms with E-state index in [2.05, 4.69) is 11.4 Å². The van der Waals surface area contributed by atoms with Crippen molar-refractivity contribution in [2.24, 2.45) is 5.92 Å². The molecule has 2 amide bonds. The van der Waals surface area contributed by atoms with Gasteiger partial charge in [0.05, 0.1) is 30.5 Å². The minimum Gasteiger partial charge on any atom is -0.442 e.